The van der Waals surface area contributed by atoms with Gasteiger partial charge in [-0.2, -0.15) is 0 Å². The lowest BCUT2D eigenvalue weighted by atomic mass is 9.62. The number of likely N-dealkylation sites (N-methyl/N-ethyl adjacent to an activating group) is 1. The normalized spacial score (nSPS) is 20.1. The third-order valence-electron chi connectivity index (χ3n) is 15.0. The number of aromatic nitrogens is 1. The highest BCUT2D eigenvalue weighted by Crippen LogP contribution is 2.49. The Hall–Kier alpha value is -5.59. The van der Waals surface area contributed by atoms with Crippen LogP contribution < -0.4 is 15.4 Å². The predicted molar refractivity (Wildman–Crippen MR) is 324 cm³/mol. The molecule has 2 N–H and O–H groups in total. The van der Waals surface area contributed by atoms with Crippen LogP contribution in [0, 0.1) is 17.3 Å². The highest BCUT2D eigenvalue weighted by Gasteiger charge is 2.43. The number of ether oxygens (including phenoxy) is 3. The van der Waals surface area contributed by atoms with Crippen LogP contribution in [0.15, 0.2) is 66.9 Å². The number of imide groups is 1. The fraction of sp³-hybridized carbons (Fsp3) is 0.591. The molecule has 2 aliphatic heterocycles. The SMILES string of the molecule is C/C=C\c1c(/C=C/CC)c2ccc(C3=CNC(OC4CC(C)C4)C=C3)cc2n1C.CC.CC.CC=O.CCC(C)CC.CCCCC1(CC)CC(OCCCCOc2ccc3c(c2)C(=O)N(C(CCC=O)C(=O)NC)C3=O)C1. The van der Waals surface area contributed by atoms with Crippen LogP contribution in [-0.2, 0) is 30.9 Å². The molecule has 2 unspecified atom stereocenters. The van der Waals surface area contributed by atoms with Crippen LogP contribution in [0.25, 0.3) is 28.6 Å². The summed E-state index contributed by atoms with van der Waals surface area (Å²) in [5.41, 5.74) is 7.16. The number of aldehydes is 2. The largest absolute Gasteiger partial charge is 0.494 e. The fourth-order valence-electron chi connectivity index (χ4n) is 9.87. The number of amides is 3. The molecular weight excluding hydrogens is 977 g/mol. The van der Waals surface area contributed by atoms with E-state index in [9.17, 15) is 19.2 Å². The Kier molecular flexibility index (Phi) is 32.8. The fourth-order valence-corrected chi connectivity index (χ4v) is 9.87. The highest BCUT2D eigenvalue weighted by atomic mass is 16.5. The van der Waals surface area contributed by atoms with Gasteiger partial charge in [-0.15, -0.1) is 0 Å². The Bertz CT molecular complexity index is 2400. The molecule has 1 aromatic heterocycles. The molecule has 2 saturated carbocycles. The molecule has 7 rings (SSSR count). The average Bonchev–Trinajstić information content (AvgIpc) is 3.86. The van der Waals surface area contributed by atoms with E-state index in [0.717, 1.165) is 48.9 Å². The molecule has 3 heterocycles. The summed E-state index contributed by atoms with van der Waals surface area (Å²) in [6, 6.07) is 10.5. The van der Waals surface area contributed by atoms with Gasteiger partial charge in [0.25, 0.3) is 11.8 Å². The van der Waals surface area contributed by atoms with E-state index in [1.807, 2.05) is 27.7 Å². The van der Waals surface area contributed by atoms with Crippen LogP contribution in [0.3, 0.4) is 0 Å². The minimum atomic E-state index is -1.03. The van der Waals surface area contributed by atoms with Crippen molar-refractivity contribution in [2.24, 2.45) is 24.3 Å². The summed E-state index contributed by atoms with van der Waals surface area (Å²) in [5.74, 6) is 0.690. The number of dihydropyridines is 1. The first kappa shape index (κ1) is 68.5. The van der Waals surface area contributed by atoms with Crippen molar-refractivity contribution >= 4 is 58.9 Å². The van der Waals surface area contributed by atoms with E-state index in [1.54, 1.807) is 18.2 Å². The first-order chi connectivity index (χ1) is 37.7. The molecule has 0 bridgehead atoms. The van der Waals surface area contributed by atoms with Gasteiger partial charge in [0.2, 0.25) is 5.91 Å². The number of carbonyl (C=O) groups is 5. The maximum Gasteiger partial charge on any atom is 0.262 e. The van der Waals surface area contributed by atoms with Crippen LogP contribution in [-0.4, -0.2) is 84.5 Å². The smallest absolute Gasteiger partial charge is 0.262 e. The Labute approximate surface area is 471 Å². The second-order valence-corrected chi connectivity index (χ2v) is 20.4. The van der Waals surface area contributed by atoms with Gasteiger partial charge in [-0.1, -0.05) is 145 Å². The van der Waals surface area contributed by atoms with Gasteiger partial charge in [0.05, 0.1) is 29.9 Å². The molecule has 2 atom stereocenters. The molecule has 2 fully saturated rings. The maximum absolute atomic E-state index is 13.0. The number of rotatable bonds is 24. The number of carbonyl (C=O) groups excluding carboxylic acids is 5. The molecule has 0 radical (unpaired) electrons. The lowest BCUT2D eigenvalue weighted by Crippen LogP contribution is -2.48. The highest BCUT2D eigenvalue weighted by molar-refractivity contribution is 6.23. The van der Waals surface area contributed by atoms with Crippen molar-refractivity contribution in [3.63, 3.8) is 0 Å². The summed E-state index contributed by atoms with van der Waals surface area (Å²) in [6.07, 6.45) is 32.7. The van der Waals surface area contributed by atoms with Crippen molar-refractivity contribution < 1.29 is 38.2 Å². The van der Waals surface area contributed by atoms with E-state index in [0.29, 0.717) is 36.3 Å². The summed E-state index contributed by atoms with van der Waals surface area (Å²) in [4.78, 5) is 58.7. The molecule has 2 aromatic carbocycles. The lowest BCUT2D eigenvalue weighted by molar-refractivity contribution is -0.124. The number of allylic oxidation sites excluding steroid dienone is 4. The van der Waals surface area contributed by atoms with E-state index < -0.39 is 23.8 Å². The number of hydrogen-bond donors (Lipinski definition) is 2. The minimum absolute atomic E-state index is 0.0119. The Morgan fingerprint density at radius 1 is 0.885 bits per heavy atom. The topological polar surface area (TPSA) is 145 Å². The zero-order valence-electron chi connectivity index (χ0n) is 50.8. The monoisotopic (exact) mass is 1080 g/mol. The molecular formula is C66H102N4O8. The van der Waals surface area contributed by atoms with Gasteiger partial charge in [-0.05, 0) is 136 Å². The van der Waals surface area contributed by atoms with Gasteiger partial charge in [0.1, 0.15) is 30.6 Å². The molecule has 0 saturated heterocycles. The third kappa shape index (κ3) is 19.9. The van der Waals surface area contributed by atoms with Crippen molar-refractivity contribution in [2.75, 3.05) is 20.3 Å². The first-order valence-corrected chi connectivity index (χ1v) is 29.8. The van der Waals surface area contributed by atoms with Crippen LogP contribution in [0.4, 0.5) is 0 Å². The van der Waals surface area contributed by atoms with Gasteiger partial charge < -0.3 is 39.0 Å². The number of fused-ring (bicyclic) bond motifs is 2. The molecule has 0 spiro atoms. The number of hydrogen-bond acceptors (Lipinski definition) is 9. The summed E-state index contributed by atoms with van der Waals surface area (Å²) in [5, 5.41) is 7.17. The lowest BCUT2D eigenvalue weighted by Gasteiger charge is -2.47. The minimum Gasteiger partial charge on any atom is -0.494 e. The number of benzene rings is 2. The second-order valence-electron chi connectivity index (χ2n) is 20.4. The van der Waals surface area contributed by atoms with Crippen molar-refractivity contribution in [2.45, 2.75) is 211 Å². The van der Waals surface area contributed by atoms with Crippen LogP contribution >= 0.6 is 0 Å². The van der Waals surface area contributed by atoms with Crippen molar-refractivity contribution in [1.82, 2.24) is 20.1 Å². The Balaban J connectivity index is 0.000000442. The Morgan fingerprint density at radius 3 is 2.10 bits per heavy atom. The quantitative estimate of drug-likeness (QED) is 0.0509. The summed E-state index contributed by atoms with van der Waals surface area (Å²) in [7, 11) is 3.58. The van der Waals surface area contributed by atoms with Gasteiger partial charge in [-0.25, -0.2) is 0 Å². The molecule has 78 heavy (non-hydrogen) atoms. The van der Waals surface area contributed by atoms with Gasteiger partial charge in [0.15, 0.2) is 0 Å². The zero-order chi connectivity index (χ0) is 58.2. The third-order valence-corrected chi connectivity index (χ3v) is 15.0. The molecule has 3 amide bonds. The maximum atomic E-state index is 13.0. The zero-order valence-corrected chi connectivity index (χ0v) is 50.8. The molecule has 434 valence electrons. The summed E-state index contributed by atoms with van der Waals surface area (Å²) in [6.45, 7) is 28.4. The summed E-state index contributed by atoms with van der Waals surface area (Å²) < 4.78 is 20.3. The van der Waals surface area contributed by atoms with Crippen molar-refractivity contribution in [3.05, 3.63) is 94.8 Å². The standard InChI is InChI=1S/C28H40N2O6.C26H32N2O.C6H14.C2H4O.2C2H6/c1-4-6-13-28(5-2)18-21(19-28)36-16-8-7-15-35-20-11-12-22-23(17-20)27(34)30(26(22)33)24(10-9-14-31)25(32)29-3;1-5-7-9-22-23-12-10-19(16-25(23)28(4)24(22)8-6-2)20-11-13-26(27-17-20)29-21-14-18(3)15-21;1-4-6(3)5-2;1-2-3;2*1-2/h11-12,14,17,21,24H,4-10,13,15-16,18-19H2,1-3H3,(H,29,32);6-13,16-18,21,26-27H,5,14-15H2,1-4H3;6H,4-5H2,1-3H3;2H,1H3;2*1-2H3/b;8-6-,9-7+;;;;. The number of aryl methyl sites for hydroxylation is 1. The van der Waals surface area contributed by atoms with E-state index in [4.69, 9.17) is 19.0 Å². The summed E-state index contributed by atoms with van der Waals surface area (Å²) >= 11 is 0. The van der Waals surface area contributed by atoms with Crippen LogP contribution in [0.2, 0.25) is 0 Å². The van der Waals surface area contributed by atoms with Gasteiger partial charge in [0, 0.05) is 55.5 Å². The number of nitrogens with one attached hydrogen (secondary N) is 2. The Morgan fingerprint density at radius 2 is 1.55 bits per heavy atom. The number of nitrogens with zero attached hydrogens (tertiary/aromatic N) is 2. The molecule has 12 heteroatoms. The van der Waals surface area contributed by atoms with Gasteiger partial charge >= 0.3 is 0 Å². The van der Waals surface area contributed by atoms with E-state index in [2.05, 4.69) is 138 Å². The molecule has 3 aromatic rings. The number of unbranched alkanes of at least 4 members (excludes halogenated alkanes) is 2. The average molecular weight is 1080 g/mol. The predicted octanol–water partition coefficient (Wildman–Crippen LogP) is 15.3. The van der Waals surface area contributed by atoms with E-state index in [-0.39, 0.29) is 30.2 Å². The van der Waals surface area contributed by atoms with E-state index >= 15 is 0 Å². The molecule has 4 aliphatic rings. The van der Waals surface area contributed by atoms with Gasteiger partial charge in [-0.3, -0.25) is 19.3 Å². The van der Waals surface area contributed by atoms with Crippen LogP contribution in [0.1, 0.15) is 224 Å². The second kappa shape index (κ2) is 37.3. The van der Waals surface area contributed by atoms with E-state index in [1.165, 1.54) is 111 Å². The first-order valence-electron chi connectivity index (χ1n) is 29.8. The molecule has 12 nitrogen and oxygen atoms in total. The van der Waals surface area contributed by atoms with Crippen LogP contribution in [0.5, 0.6) is 5.75 Å². The molecule has 2 aliphatic carbocycles. The van der Waals surface area contributed by atoms with Crippen molar-refractivity contribution in [1.29, 1.82) is 0 Å². The van der Waals surface area contributed by atoms with Crippen molar-refractivity contribution in [3.8, 4) is 5.75 Å².